The molecule has 0 saturated carbocycles. The number of fused-ring (bicyclic) bond motifs is 1. The van der Waals surface area contributed by atoms with Crippen LogP contribution in [0.4, 0.5) is 0 Å². The number of hydrogen-bond acceptors (Lipinski definition) is 0. The van der Waals surface area contributed by atoms with Gasteiger partial charge in [0.2, 0.25) is 0 Å². The molecule has 1 heterocycles. The number of nitrogens with zero attached hydrogens (tertiary/aromatic N) is 1. The van der Waals surface area contributed by atoms with Crippen molar-refractivity contribution in [3.63, 3.8) is 0 Å². The van der Waals surface area contributed by atoms with Gasteiger partial charge >= 0.3 is 58.2 Å². The van der Waals surface area contributed by atoms with Crippen molar-refractivity contribution >= 4 is 10.9 Å². The normalized spacial score (nSPS) is 6.67. The Morgan fingerprint density at radius 1 is 0.762 bits per heavy atom. The molecule has 120 valence electrons. The monoisotopic (exact) mass is 365 g/mol. The Kier molecular flexibility index (Phi) is 51.4. The van der Waals surface area contributed by atoms with Crippen molar-refractivity contribution in [2.24, 2.45) is 0 Å². The molecule has 0 N–H and O–H groups in total. The molecule has 2 aromatic rings. The molecule has 1 aromatic heterocycles. The molecule has 2 heteroatoms. The summed E-state index contributed by atoms with van der Waals surface area (Å²) in [6, 6.07) is 10.1. The Morgan fingerprint density at radius 2 is 1.14 bits per heavy atom. The van der Waals surface area contributed by atoms with Crippen LogP contribution in [0.1, 0.15) is 75.7 Å². The van der Waals surface area contributed by atoms with Gasteiger partial charge in [-0.15, -0.1) is 5.52 Å². The van der Waals surface area contributed by atoms with E-state index in [-0.39, 0.29) is 65.6 Å². The first-order valence-electron chi connectivity index (χ1n) is 7.76. The molecule has 0 atom stereocenters. The van der Waals surface area contributed by atoms with Crippen molar-refractivity contribution in [3.8, 4) is 0 Å². The molecule has 0 amide bonds. The van der Waals surface area contributed by atoms with E-state index in [2.05, 4.69) is 38.7 Å². The largest absolute Gasteiger partial charge is 1.00 e. The summed E-state index contributed by atoms with van der Waals surface area (Å²) in [6.07, 6.45) is 4.32. The summed E-state index contributed by atoms with van der Waals surface area (Å²) >= 11 is 0. The quantitative estimate of drug-likeness (QED) is 0.678. The predicted molar refractivity (Wildman–Crippen MR) is 98.6 cm³/mol. The third-order valence-electron chi connectivity index (χ3n) is 1.40. The number of para-hydroxylation sites is 1. The van der Waals surface area contributed by atoms with Gasteiger partial charge < -0.3 is 4.98 Å². The van der Waals surface area contributed by atoms with E-state index in [0.717, 1.165) is 5.52 Å². The Hall–Kier alpha value is 0.565. The molecule has 0 spiro atoms. The van der Waals surface area contributed by atoms with Gasteiger partial charge in [0.25, 0.3) is 0 Å². The second-order valence-electron chi connectivity index (χ2n) is 3.42. The fraction of sp³-hybridized carbons (Fsp3) is 0.579. The second kappa shape index (κ2) is 32.5. The maximum atomic E-state index is 4.12. The average molecular weight is 366 g/mol. The number of aromatic nitrogens is 1. The van der Waals surface area contributed by atoms with Gasteiger partial charge in [-0.05, 0) is 5.39 Å². The Morgan fingerprint density at radius 3 is 1.52 bits per heavy atom. The van der Waals surface area contributed by atoms with Crippen LogP contribution >= 0.6 is 0 Å². The van der Waals surface area contributed by atoms with Crippen LogP contribution in [0, 0.1) is 0 Å². The first-order chi connectivity index (χ1) is 9.29. The summed E-state index contributed by atoms with van der Waals surface area (Å²) in [4.78, 5) is 4.12. The van der Waals surface area contributed by atoms with E-state index >= 15 is 0 Å². The zero-order valence-electron chi connectivity index (χ0n) is 15.3. The fourth-order valence-corrected chi connectivity index (χ4v) is 0.944. The van der Waals surface area contributed by atoms with Gasteiger partial charge in [-0.3, -0.25) is 0 Å². The van der Waals surface area contributed by atoms with Gasteiger partial charge in [0.1, 0.15) is 0 Å². The zero-order chi connectivity index (χ0) is 15.5. The van der Waals surface area contributed by atoms with Crippen molar-refractivity contribution in [2.45, 2.75) is 75.7 Å². The molecule has 0 aliphatic carbocycles. The third kappa shape index (κ3) is 23.0. The average Bonchev–Trinajstić information content (AvgIpc) is 2.93. The molecule has 1 nitrogen and oxygen atoms in total. The minimum absolute atomic E-state index is 0. The molecule has 1 aromatic carbocycles. The van der Waals surface area contributed by atoms with Crippen LogP contribution in [0.2, 0.25) is 0 Å². The van der Waals surface area contributed by atoms with Crippen molar-refractivity contribution in [1.29, 1.82) is 0 Å². The van der Waals surface area contributed by atoms with Gasteiger partial charge in [-0.2, -0.15) is 6.20 Å². The van der Waals surface area contributed by atoms with E-state index in [1.54, 1.807) is 0 Å². The first kappa shape index (κ1) is 33.2. The van der Waals surface area contributed by atoms with E-state index in [1.807, 2.05) is 58.2 Å². The Labute approximate surface area is 184 Å². The number of rotatable bonds is 0. The zero-order valence-corrected chi connectivity index (χ0v) is 20.2. The molecule has 0 aliphatic rings. The number of hydrogen-bond donors (Lipinski definition) is 0. The van der Waals surface area contributed by atoms with Crippen LogP contribution in [0.15, 0.2) is 36.5 Å². The second-order valence-corrected chi connectivity index (χ2v) is 3.42. The predicted octanol–water partition coefficient (Wildman–Crippen LogP) is 4.32. The van der Waals surface area contributed by atoms with Gasteiger partial charge in [0.15, 0.2) is 0 Å². The van der Waals surface area contributed by atoms with Crippen LogP contribution in [0.3, 0.4) is 0 Å². The van der Waals surface area contributed by atoms with Crippen molar-refractivity contribution in [2.75, 3.05) is 0 Å². The van der Waals surface area contributed by atoms with E-state index < -0.39 is 0 Å². The molecule has 21 heavy (non-hydrogen) atoms. The van der Waals surface area contributed by atoms with Crippen LogP contribution in [0.25, 0.3) is 10.9 Å². The summed E-state index contributed by atoms with van der Waals surface area (Å²) in [6.45, 7) is 16.5. The molecule has 2 rings (SSSR count). The molecule has 0 aliphatic heterocycles. The van der Waals surface area contributed by atoms with E-state index in [1.165, 1.54) is 18.2 Å². The maximum Gasteiger partial charge on any atom is 1.00 e. The van der Waals surface area contributed by atoms with Crippen molar-refractivity contribution in [1.82, 2.24) is 4.98 Å². The summed E-state index contributed by atoms with van der Waals surface area (Å²) in [5, 5.41) is 1.22. The SMILES string of the molecule is C.CC.CC.CCC.CCC.[Rb+].c1ccc2[n-]ccc2c1. The van der Waals surface area contributed by atoms with Gasteiger partial charge in [0.05, 0.1) is 0 Å². The van der Waals surface area contributed by atoms with Crippen LogP contribution in [0.5, 0.6) is 0 Å². The minimum atomic E-state index is 0. The third-order valence-corrected chi connectivity index (χ3v) is 1.40. The smallest absolute Gasteiger partial charge is 0.664 e. The topological polar surface area (TPSA) is 14.1 Å². The summed E-state index contributed by atoms with van der Waals surface area (Å²) in [7, 11) is 0. The Bertz CT molecular complexity index is 310. The van der Waals surface area contributed by atoms with E-state index in [9.17, 15) is 0 Å². The maximum absolute atomic E-state index is 4.12. The molecular formula is C19H38NRb. The Balaban J connectivity index is -0.0000000619. The molecule has 0 radical (unpaired) electrons. The van der Waals surface area contributed by atoms with Gasteiger partial charge in [-0.1, -0.05) is 106 Å². The summed E-state index contributed by atoms with van der Waals surface area (Å²) in [5.74, 6) is 0. The number of benzene rings is 1. The fourth-order valence-electron chi connectivity index (χ4n) is 0.944. The summed E-state index contributed by atoms with van der Waals surface area (Å²) < 4.78 is 0. The molecule has 0 saturated heterocycles. The molecular weight excluding hydrogens is 328 g/mol. The van der Waals surface area contributed by atoms with Gasteiger partial charge in [-0.25, -0.2) is 0 Å². The standard InChI is InChI=1S/C8H6N.2C3H8.2C2H6.CH4.Rb/c1-2-4-8-7(3-1)5-6-9-8;2*1-3-2;2*1-2;;/h1-6H;2*3H2,1-2H3;2*1-2H3;1H4;/q-1;;;;;;+1. The molecule has 0 fully saturated rings. The van der Waals surface area contributed by atoms with Crippen molar-refractivity contribution < 1.29 is 58.2 Å². The van der Waals surface area contributed by atoms with Crippen LogP contribution < -0.4 is 63.2 Å². The molecule has 0 bridgehead atoms. The van der Waals surface area contributed by atoms with E-state index in [0.29, 0.717) is 0 Å². The minimum Gasteiger partial charge on any atom is -0.664 e. The van der Waals surface area contributed by atoms with Crippen LogP contribution in [-0.4, -0.2) is 0 Å². The first-order valence-corrected chi connectivity index (χ1v) is 7.76. The molecule has 0 unspecified atom stereocenters. The van der Waals surface area contributed by atoms with E-state index in [4.69, 9.17) is 0 Å². The summed E-state index contributed by atoms with van der Waals surface area (Å²) in [5.41, 5.74) is 1.08. The van der Waals surface area contributed by atoms with Gasteiger partial charge in [0, 0.05) is 0 Å². The van der Waals surface area contributed by atoms with Crippen LogP contribution in [-0.2, 0) is 0 Å². The van der Waals surface area contributed by atoms with Crippen molar-refractivity contribution in [3.05, 3.63) is 36.5 Å².